The van der Waals surface area contributed by atoms with Crippen molar-refractivity contribution < 1.29 is 9.59 Å². The van der Waals surface area contributed by atoms with Gasteiger partial charge in [0.2, 0.25) is 0 Å². The third-order valence-electron chi connectivity index (χ3n) is 4.47. The van der Waals surface area contributed by atoms with E-state index in [1.165, 1.54) is 6.42 Å². The average molecular weight is 401 g/mol. The summed E-state index contributed by atoms with van der Waals surface area (Å²) in [6.07, 6.45) is 5.62. The number of anilines is 1. The van der Waals surface area contributed by atoms with Gasteiger partial charge >= 0.3 is 0 Å². The summed E-state index contributed by atoms with van der Waals surface area (Å²) in [7, 11) is 0. The first kappa shape index (κ1) is 17.7. The lowest BCUT2D eigenvalue weighted by atomic mass is 9.95. The van der Waals surface area contributed by atoms with Gasteiger partial charge in [-0.15, -0.1) is 0 Å². The number of halogens is 1. The number of hydrogen-bond acceptors (Lipinski definition) is 2. The summed E-state index contributed by atoms with van der Waals surface area (Å²) in [5.74, 6) is -0.357. The van der Waals surface area contributed by atoms with Gasteiger partial charge < -0.3 is 10.6 Å². The second kappa shape index (κ2) is 8.30. The quantitative estimate of drug-likeness (QED) is 0.776. The lowest BCUT2D eigenvalue weighted by Crippen LogP contribution is -2.36. The Hall–Kier alpha value is -2.14. The average Bonchev–Trinajstić information content (AvgIpc) is 2.63. The fraction of sp³-hybridized carbons (Fsp3) is 0.300. The van der Waals surface area contributed by atoms with Crippen molar-refractivity contribution in [1.82, 2.24) is 5.32 Å². The highest BCUT2D eigenvalue weighted by Crippen LogP contribution is 2.21. The number of para-hydroxylation sites is 1. The zero-order chi connectivity index (χ0) is 17.6. The van der Waals surface area contributed by atoms with Gasteiger partial charge in [0.1, 0.15) is 0 Å². The summed E-state index contributed by atoms with van der Waals surface area (Å²) in [4.78, 5) is 25.1. The molecule has 2 N–H and O–H groups in total. The maximum atomic E-state index is 12.6. The van der Waals surface area contributed by atoms with Crippen LogP contribution in [0.5, 0.6) is 0 Å². The predicted octanol–water partition coefficient (Wildman–Crippen LogP) is 4.76. The zero-order valence-electron chi connectivity index (χ0n) is 13.9. The largest absolute Gasteiger partial charge is 0.349 e. The van der Waals surface area contributed by atoms with Crippen molar-refractivity contribution in [3.63, 3.8) is 0 Å². The number of benzene rings is 2. The standard InChI is InChI=1S/C20H21BrN2O2/c21-15-12-10-14(11-13-15)19(24)23-18-9-5-4-8-17(18)20(25)22-16-6-2-1-3-7-16/h4-5,8-13,16H,1-3,6-7H2,(H,22,25)(H,23,24). The molecule has 1 aliphatic rings. The third-order valence-corrected chi connectivity index (χ3v) is 5.00. The molecule has 2 amide bonds. The summed E-state index contributed by atoms with van der Waals surface area (Å²) in [5, 5.41) is 5.95. The first-order valence-electron chi connectivity index (χ1n) is 8.60. The molecule has 0 aromatic heterocycles. The molecule has 25 heavy (non-hydrogen) atoms. The van der Waals surface area contributed by atoms with Gasteiger partial charge in [0.05, 0.1) is 11.3 Å². The summed E-state index contributed by atoms with van der Waals surface area (Å²) >= 11 is 3.35. The molecule has 0 spiro atoms. The van der Waals surface area contributed by atoms with Crippen LogP contribution in [0.3, 0.4) is 0 Å². The minimum Gasteiger partial charge on any atom is -0.349 e. The van der Waals surface area contributed by atoms with E-state index in [9.17, 15) is 9.59 Å². The van der Waals surface area contributed by atoms with Gasteiger partial charge in [-0.3, -0.25) is 9.59 Å². The molecule has 130 valence electrons. The first-order chi connectivity index (χ1) is 12.1. The van der Waals surface area contributed by atoms with Crippen molar-refractivity contribution in [2.45, 2.75) is 38.1 Å². The number of amides is 2. The highest BCUT2D eigenvalue weighted by atomic mass is 79.9. The molecule has 2 aromatic carbocycles. The topological polar surface area (TPSA) is 58.2 Å². The molecule has 3 rings (SSSR count). The van der Waals surface area contributed by atoms with E-state index in [0.717, 1.165) is 30.2 Å². The molecule has 0 aliphatic heterocycles. The van der Waals surface area contributed by atoms with E-state index in [1.807, 2.05) is 24.3 Å². The van der Waals surface area contributed by atoms with Gasteiger partial charge in [-0.05, 0) is 49.2 Å². The Labute approximate surface area is 156 Å². The van der Waals surface area contributed by atoms with E-state index < -0.39 is 0 Å². The fourth-order valence-electron chi connectivity index (χ4n) is 3.10. The van der Waals surface area contributed by atoms with Crippen LogP contribution in [0.2, 0.25) is 0 Å². The van der Waals surface area contributed by atoms with Crippen LogP contribution in [0.4, 0.5) is 5.69 Å². The van der Waals surface area contributed by atoms with Gasteiger partial charge in [-0.25, -0.2) is 0 Å². The Bertz CT molecular complexity index is 753. The van der Waals surface area contributed by atoms with Crippen molar-refractivity contribution in [3.05, 3.63) is 64.1 Å². The number of carbonyl (C=O) groups is 2. The molecule has 0 bridgehead atoms. The molecule has 0 heterocycles. The van der Waals surface area contributed by atoms with Crippen molar-refractivity contribution in [1.29, 1.82) is 0 Å². The lowest BCUT2D eigenvalue weighted by Gasteiger charge is -2.23. The minimum absolute atomic E-state index is 0.126. The van der Waals surface area contributed by atoms with Gasteiger partial charge in [-0.2, -0.15) is 0 Å². The van der Waals surface area contributed by atoms with E-state index in [1.54, 1.807) is 24.3 Å². The van der Waals surface area contributed by atoms with Crippen LogP contribution >= 0.6 is 15.9 Å². The highest BCUT2D eigenvalue weighted by molar-refractivity contribution is 9.10. The van der Waals surface area contributed by atoms with Crippen LogP contribution in [0.15, 0.2) is 53.0 Å². The zero-order valence-corrected chi connectivity index (χ0v) is 15.5. The monoisotopic (exact) mass is 400 g/mol. The lowest BCUT2D eigenvalue weighted by molar-refractivity contribution is 0.0928. The Morgan fingerprint density at radius 2 is 1.56 bits per heavy atom. The van der Waals surface area contributed by atoms with E-state index in [2.05, 4.69) is 26.6 Å². The SMILES string of the molecule is O=C(Nc1ccccc1C(=O)NC1CCCCC1)c1ccc(Br)cc1. The third kappa shape index (κ3) is 4.69. The number of rotatable bonds is 4. The maximum Gasteiger partial charge on any atom is 0.255 e. The molecular formula is C20H21BrN2O2. The van der Waals surface area contributed by atoms with Crippen molar-refractivity contribution in [2.24, 2.45) is 0 Å². The Balaban J connectivity index is 1.72. The Kier molecular flexibility index (Phi) is 5.87. The van der Waals surface area contributed by atoms with E-state index >= 15 is 0 Å². The van der Waals surface area contributed by atoms with Gasteiger partial charge in [0.15, 0.2) is 0 Å². The molecule has 0 saturated heterocycles. The van der Waals surface area contributed by atoms with Gasteiger partial charge in [0, 0.05) is 16.1 Å². The summed E-state index contributed by atoms with van der Waals surface area (Å²) in [6, 6.07) is 14.5. The molecular weight excluding hydrogens is 380 g/mol. The van der Waals surface area contributed by atoms with Crippen LogP contribution in [0.25, 0.3) is 0 Å². The first-order valence-corrected chi connectivity index (χ1v) is 9.39. The molecule has 0 atom stereocenters. The fourth-order valence-corrected chi connectivity index (χ4v) is 3.36. The van der Waals surface area contributed by atoms with Gasteiger partial charge in [0.25, 0.3) is 11.8 Å². The second-order valence-corrected chi connectivity index (χ2v) is 7.23. The number of carbonyl (C=O) groups excluding carboxylic acids is 2. The summed E-state index contributed by atoms with van der Waals surface area (Å²) in [6.45, 7) is 0. The Morgan fingerprint density at radius 3 is 2.28 bits per heavy atom. The molecule has 1 aliphatic carbocycles. The van der Waals surface area contributed by atoms with Crippen LogP contribution in [-0.4, -0.2) is 17.9 Å². The number of nitrogens with one attached hydrogen (secondary N) is 2. The molecule has 5 heteroatoms. The van der Waals surface area contributed by atoms with Gasteiger partial charge in [-0.1, -0.05) is 47.3 Å². The van der Waals surface area contributed by atoms with Crippen molar-refractivity contribution in [3.8, 4) is 0 Å². The van der Waals surface area contributed by atoms with Crippen LogP contribution in [-0.2, 0) is 0 Å². The Morgan fingerprint density at radius 1 is 0.880 bits per heavy atom. The minimum atomic E-state index is -0.231. The van der Waals surface area contributed by atoms with Crippen molar-refractivity contribution in [2.75, 3.05) is 5.32 Å². The smallest absolute Gasteiger partial charge is 0.255 e. The predicted molar refractivity (Wildman–Crippen MR) is 103 cm³/mol. The highest BCUT2D eigenvalue weighted by Gasteiger charge is 2.19. The molecule has 1 saturated carbocycles. The molecule has 2 aromatic rings. The normalized spacial score (nSPS) is 14.8. The molecule has 0 radical (unpaired) electrons. The maximum absolute atomic E-state index is 12.6. The van der Waals surface area contributed by atoms with Crippen molar-refractivity contribution >= 4 is 33.4 Å². The van der Waals surface area contributed by atoms with Crippen LogP contribution in [0, 0.1) is 0 Å². The number of hydrogen-bond donors (Lipinski definition) is 2. The summed E-state index contributed by atoms with van der Waals surface area (Å²) in [5.41, 5.74) is 1.58. The second-order valence-electron chi connectivity index (χ2n) is 6.31. The van der Waals surface area contributed by atoms with E-state index in [4.69, 9.17) is 0 Å². The summed E-state index contributed by atoms with van der Waals surface area (Å²) < 4.78 is 0.913. The van der Waals surface area contributed by atoms with E-state index in [-0.39, 0.29) is 17.9 Å². The molecule has 1 fully saturated rings. The molecule has 0 unspecified atom stereocenters. The van der Waals surface area contributed by atoms with Crippen LogP contribution in [0.1, 0.15) is 52.8 Å². The van der Waals surface area contributed by atoms with E-state index in [0.29, 0.717) is 16.8 Å². The molecule has 4 nitrogen and oxygen atoms in total. The van der Waals surface area contributed by atoms with Crippen LogP contribution < -0.4 is 10.6 Å².